The number of aryl methyl sites for hydroxylation is 1. The van der Waals surface area contributed by atoms with Gasteiger partial charge in [-0.1, -0.05) is 60.2 Å². The summed E-state index contributed by atoms with van der Waals surface area (Å²) in [4.78, 5) is 0. The minimum absolute atomic E-state index is 0.290. The van der Waals surface area contributed by atoms with Crippen molar-refractivity contribution in [2.75, 3.05) is 0 Å². The molecule has 23 heavy (non-hydrogen) atoms. The Morgan fingerprint density at radius 3 is 2.30 bits per heavy atom. The average Bonchev–Trinajstić information content (AvgIpc) is 2.98. The van der Waals surface area contributed by atoms with Gasteiger partial charge in [-0.15, -0.1) is 0 Å². The van der Waals surface area contributed by atoms with Crippen molar-refractivity contribution in [2.24, 2.45) is 0 Å². The molecule has 1 aliphatic carbocycles. The van der Waals surface area contributed by atoms with Crippen LogP contribution in [0.25, 0.3) is 0 Å². The summed E-state index contributed by atoms with van der Waals surface area (Å²) in [5, 5.41) is 8.81. The van der Waals surface area contributed by atoms with Crippen molar-refractivity contribution in [1.29, 1.82) is 5.41 Å². The molecule has 0 amide bonds. The van der Waals surface area contributed by atoms with Crippen LogP contribution in [0.15, 0.2) is 60.2 Å². The van der Waals surface area contributed by atoms with E-state index in [-0.39, 0.29) is 0 Å². The van der Waals surface area contributed by atoms with Crippen LogP contribution in [-0.2, 0) is 0 Å². The Morgan fingerprint density at radius 2 is 1.61 bits per heavy atom. The maximum Gasteiger partial charge on any atom is 0.0690 e. The highest BCUT2D eigenvalue weighted by molar-refractivity contribution is 6.13. The zero-order valence-corrected chi connectivity index (χ0v) is 14.3. The van der Waals surface area contributed by atoms with Gasteiger partial charge in [-0.05, 0) is 49.9 Å². The molecule has 1 atom stereocenters. The quantitative estimate of drug-likeness (QED) is 0.711. The lowest BCUT2D eigenvalue weighted by Crippen LogP contribution is -2.10. The molecule has 0 aliphatic heterocycles. The summed E-state index contributed by atoms with van der Waals surface area (Å²) in [7, 11) is 0. The number of benzene rings is 2. The van der Waals surface area contributed by atoms with E-state index in [4.69, 9.17) is 5.41 Å². The van der Waals surface area contributed by atoms with Crippen molar-refractivity contribution >= 4 is 5.71 Å². The highest BCUT2D eigenvalue weighted by Crippen LogP contribution is 2.33. The minimum atomic E-state index is 0.290. The fraction of sp³-hybridized carbons (Fsp3) is 0.227. The molecule has 1 heteroatoms. The van der Waals surface area contributed by atoms with E-state index in [1.165, 1.54) is 27.8 Å². The summed E-state index contributed by atoms with van der Waals surface area (Å²) in [6.07, 6.45) is 6.49. The fourth-order valence-electron chi connectivity index (χ4n) is 3.29. The first-order valence-electron chi connectivity index (χ1n) is 8.10. The molecule has 1 N–H and O–H groups in total. The number of hydrogen-bond donors (Lipinski definition) is 1. The fourth-order valence-corrected chi connectivity index (χ4v) is 3.29. The van der Waals surface area contributed by atoms with Crippen LogP contribution in [0.2, 0.25) is 0 Å². The van der Waals surface area contributed by atoms with Crippen molar-refractivity contribution in [3.63, 3.8) is 0 Å². The van der Waals surface area contributed by atoms with Gasteiger partial charge in [0.1, 0.15) is 0 Å². The van der Waals surface area contributed by atoms with Crippen molar-refractivity contribution in [3.05, 3.63) is 93.6 Å². The number of nitrogens with one attached hydrogen (secondary N) is 1. The number of hydrogen-bond acceptors (Lipinski definition) is 1. The second-order valence-corrected chi connectivity index (χ2v) is 6.42. The molecule has 0 saturated carbocycles. The SMILES string of the molecule is CC1=CC=CC1c1ccccc1C(=N)c1ccc(C)c(C)c1C. The lowest BCUT2D eigenvalue weighted by molar-refractivity contribution is 1.01. The lowest BCUT2D eigenvalue weighted by atomic mass is 9.85. The Hall–Kier alpha value is -2.41. The van der Waals surface area contributed by atoms with Crippen LogP contribution < -0.4 is 0 Å². The van der Waals surface area contributed by atoms with Gasteiger partial charge in [0.05, 0.1) is 5.71 Å². The van der Waals surface area contributed by atoms with Crippen LogP contribution in [0, 0.1) is 26.2 Å². The summed E-state index contributed by atoms with van der Waals surface area (Å²) in [5.74, 6) is 0.290. The van der Waals surface area contributed by atoms with Crippen molar-refractivity contribution in [1.82, 2.24) is 0 Å². The van der Waals surface area contributed by atoms with E-state index in [9.17, 15) is 0 Å². The molecule has 3 rings (SSSR count). The first-order valence-corrected chi connectivity index (χ1v) is 8.10. The molecular formula is C22H23N. The van der Waals surface area contributed by atoms with Gasteiger partial charge in [0, 0.05) is 17.0 Å². The van der Waals surface area contributed by atoms with Crippen LogP contribution in [0.5, 0.6) is 0 Å². The second kappa shape index (κ2) is 6.00. The van der Waals surface area contributed by atoms with Gasteiger partial charge < -0.3 is 0 Å². The van der Waals surface area contributed by atoms with E-state index in [1.807, 2.05) is 6.07 Å². The first-order chi connectivity index (χ1) is 11.0. The Labute approximate surface area is 138 Å². The molecular weight excluding hydrogens is 278 g/mol. The van der Waals surface area contributed by atoms with Gasteiger partial charge in [0.15, 0.2) is 0 Å². The Kier molecular flexibility index (Phi) is 4.04. The third kappa shape index (κ3) is 2.68. The predicted molar refractivity (Wildman–Crippen MR) is 98.7 cm³/mol. The van der Waals surface area contributed by atoms with Gasteiger partial charge in [-0.2, -0.15) is 0 Å². The van der Waals surface area contributed by atoms with Crippen molar-refractivity contribution in [2.45, 2.75) is 33.6 Å². The average molecular weight is 301 g/mol. The predicted octanol–water partition coefficient (Wildman–Crippen LogP) is 5.63. The van der Waals surface area contributed by atoms with E-state index in [0.29, 0.717) is 11.6 Å². The van der Waals surface area contributed by atoms with Crippen LogP contribution in [0.1, 0.15) is 46.2 Å². The highest BCUT2D eigenvalue weighted by Gasteiger charge is 2.20. The van der Waals surface area contributed by atoms with Gasteiger partial charge >= 0.3 is 0 Å². The van der Waals surface area contributed by atoms with Crippen LogP contribution in [0.3, 0.4) is 0 Å². The molecule has 2 aromatic carbocycles. The van der Waals surface area contributed by atoms with E-state index in [0.717, 1.165) is 11.1 Å². The van der Waals surface area contributed by atoms with Crippen molar-refractivity contribution < 1.29 is 0 Å². The summed E-state index contributed by atoms with van der Waals surface area (Å²) in [6, 6.07) is 12.5. The minimum Gasteiger partial charge on any atom is -0.300 e. The lowest BCUT2D eigenvalue weighted by Gasteiger charge is -2.19. The third-order valence-electron chi connectivity index (χ3n) is 5.05. The molecule has 0 saturated heterocycles. The summed E-state index contributed by atoms with van der Waals surface area (Å²) in [6.45, 7) is 8.54. The maximum atomic E-state index is 8.81. The molecule has 116 valence electrons. The summed E-state index contributed by atoms with van der Waals surface area (Å²) in [5.41, 5.74) is 9.01. The van der Waals surface area contributed by atoms with E-state index in [2.05, 4.69) is 76.3 Å². The third-order valence-corrected chi connectivity index (χ3v) is 5.05. The standard InChI is InChI=1S/C22H23N/c1-14-12-13-19(17(4)16(14)3)22(23)21-10-6-5-9-20(21)18-11-7-8-15(18)2/h5-13,18,23H,1-4H3. The summed E-state index contributed by atoms with van der Waals surface area (Å²) >= 11 is 0. The van der Waals surface area contributed by atoms with E-state index < -0.39 is 0 Å². The largest absolute Gasteiger partial charge is 0.300 e. The van der Waals surface area contributed by atoms with Gasteiger partial charge in [0.2, 0.25) is 0 Å². The van der Waals surface area contributed by atoms with Gasteiger partial charge in [0.25, 0.3) is 0 Å². The molecule has 0 spiro atoms. The molecule has 0 fully saturated rings. The monoisotopic (exact) mass is 301 g/mol. The van der Waals surface area contributed by atoms with Gasteiger partial charge in [-0.25, -0.2) is 0 Å². The molecule has 0 heterocycles. The molecule has 1 nitrogen and oxygen atoms in total. The summed E-state index contributed by atoms with van der Waals surface area (Å²) < 4.78 is 0. The maximum absolute atomic E-state index is 8.81. The molecule has 1 unspecified atom stereocenters. The van der Waals surface area contributed by atoms with Crippen molar-refractivity contribution in [3.8, 4) is 0 Å². The normalized spacial score (nSPS) is 16.5. The number of rotatable bonds is 3. The van der Waals surface area contributed by atoms with Gasteiger partial charge in [-0.3, -0.25) is 5.41 Å². The zero-order chi connectivity index (χ0) is 16.6. The van der Waals surface area contributed by atoms with E-state index >= 15 is 0 Å². The molecule has 0 radical (unpaired) electrons. The van der Waals surface area contributed by atoms with Crippen LogP contribution >= 0.6 is 0 Å². The molecule has 0 aromatic heterocycles. The first kappa shape index (κ1) is 15.5. The Morgan fingerprint density at radius 1 is 0.870 bits per heavy atom. The zero-order valence-electron chi connectivity index (χ0n) is 14.3. The highest BCUT2D eigenvalue weighted by atomic mass is 14.4. The molecule has 1 aliphatic rings. The Bertz CT molecular complexity index is 837. The smallest absolute Gasteiger partial charge is 0.0690 e. The second-order valence-electron chi connectivity index (χ2n) is 6.42. The van der Waals surface area contributed by atoms with Crippen LogP contribution in [-0.4, -0.2) is 5.71 Å². The molecule has 2 aromatic rings. The Balaban J connectivity index is 2.10. The number of allylic oxidation sites excluding steroid dienone is 4. The molecule has 0 bridgehead atoms. The topological polar surface area (TPSA) is 23.9 Å². The van der Waals surface area contributed by atoms with Crippen LogP contribution in [0.4, 0.5) is 0 Å². The van der Waals surface area contributed by atoms with E-state index in [1.54, 1.807) is 0 Å².